The molecule has 3 aliphatic rings. The lowest BCUT2D eigenvalue weighted by Crippen LogP contribution is -2.63. The van der Waals surface area contributed by atoms with E-state index < -0.39 is 0 Å². The van der Waals surface area contributed by atoms with Gasteiger partial charge in [-0.1, -0.05) is 120 Å². The fourth-order valence-electron chi connectivity index (χ4n) is 10.3. The van der Waals surface area contributed by atoms with Gasteiger partial charge in [-0.2, -0.15) is 0 Å². The Kier molecular flexibility index (Phi) is 8.86. The molecule has 8 rings (SSSR count). The van der Waals surface area contributed by atoms with Crippen LogP contribution in [0, 0.1) is 5.41 Å². The minimum Gasteiger partial charge on any atom is -0.347 e. The zero-order chi connectivity index (χ0) is 38.0. The second-order valence-corrected chi connectivity index (χ2v) is 16.7. The van der Waals surface area contributed by atoms with Gasteiger partial charge in [-0.25, -0.2) is 9.97 Å². The number of para-hydroxylation sites is 5. The number of allylic oxidation sites excluding steroid dienone is 1. The van der Waals surface area contributed by atoms with E-state index >= 15 is 0 Å². The molecule has 0 aliphatic carbocycles. The number of aromatic nitrogens is 2. The van der Waals surface area contributed by atoms with Crippen molar-refractivity contribution >= 4 is 46.1 Å². The summed E-state index contributed by atoms with van der Waals surface area (Å²) in [6, 6.07) is 38.2. The molecule has 4 aromatic carbocycles. The van der Waals surface area contributed by atoms with E-state index in [1.807, 2.05) is 6.20 Å². The van der Waals surface area contributed by atoms with Crippen molar-refractivity contribution in [2.75, 3.05) is 19.6 Å². The highest BCUT2D eigenvalue weighted by molar-refractivity contribution is 5.89. The lowest BCUT2D eigenvalue weighted by atomic mass is 9.52. The first-order valence-electron chi connectivity index (χ1n) is 20.1. The second kappa shape index (κ2) is 13.3. The number of nitrogens with zero attached hydrogens (tertiary/aromatic N) is 6. The van der Waals surface area contributed by atoms with Crippen molar-refractivity contribution in [2.24, 2.45) is 5.41 Å². The predicted molar refractivity (Wildman–Crippen MR) is 228 cm³/mol. The van der Waals surface area contributed by atoms with E-state index in [1.54, 1.807) is 0 Å². The lowest BCUT2D eigenvalue weighted by molar-refractivity contribution is 0.0909. The topological polar surface area (TPSA) is 38.7 Å². The van der Waals surface area contributed by atoms with E-state index in [0.29, 0.717) is 6.04 Å². The minimum atomic E-state index is -0.304. The summed E-state index contributed by atoms with van der Waals surface area (Å²) >= 11 is 0. The van der Waals surface area contributed by atoms with Crippen LogP contribution in [0.25, 0.3) is 6.08 Å². The Morgan fingerprint density at radius 1 is 0.685 bits per heavy atom. The van der Waals surface area contributed by atoms with Gasteiger partial charge in [-0.15, -0.1) is 0 Å². The highest BCUT2D eigenvalue weighted by Gasteiger charge is 2.63. The number of fused-ring (bicyclic) bond motifs is 6. The lowest BCUT2D eigenvalue weighted by Gasteiger charge is -2.60. The van der Waals surface area contributed by atoms with Gasteiger partial charge in [0.05, 0.1) is 29.0 Å². The maximum Gasteiger partial charge on any atom is 0.178 e. The summed E-state index contributed by atoms with van der Waals surface area (Å²) in [4.78, 5) is 20.9. The van der Waals surface area contributed by atoms with Crippen LogP contribution in [0.5, 0.6) is 0 Å². The summed E-state index contributed by atoms with van der Waals surface area (Å²) in [5.74, 6) is 1.88. The normalized spacial score (nSPS) is 21.4. The van der Waals surface area contributed by atoms with Gasteiger partial charge in [0.25, 0.3) is 0 Å². The molecule has 6 nitrogen and oxygen atoms in total. The summed E-state index contributed by atoms with van der Waals surface area (Å²) in [5.41, 5.74) is 9.07. The van der Waals surface area contributed by atoms with Gasteiger partial charge >= 0.3 is 0 Å². The average molecular weight is 717 g/mol. The molecule has 0 amide bonds. The molecular formula is C48H56N6. The first kappa shape index (κ1) is 35.9. The maximum atomic E-state index is 5.47. The molecular weight excluding hydrogens is 661 g/mol. The van der Waals surface area contributed by atoms with Crippen LogP contribution in [-0.2, 0) is 10.8 Å². The van der Waals surface area contributed by atoms with Crippen LogP contribution in [0.3, 0.4) is 0 Å². The zero-order valence-electron chi connectivity index (χ0n) is 33.6. The summed E-state index contributed by atoms with van der Waals surface area (Å²) in [5, 5.41) is 0. The van der Waals surface area contributed by atoms with Crippen LogP contribution >= 0.6 is 0 Å². The van der Waals surface area contributed by atoms with Crippen molar-refractivity contribution in [3.8, 4) is 0 Å². The first-order valence-corrected chi connectivity index (χ1v) is 20.1. The predicted octanol–water partition coefficient (Wildman–Crippen LogP) is 12.3. The number of benzene rings is 4. The molecule has 3 atom stereocenters. The quantitative estimate of drug-likeness (QED) is 0.159. The van der Waals surface area contributed by atoms with Gasteiger partial charge in [-0.3, -0.25) is 0 Å². The molecule has 1 aromatic heterocycles. The second-order valence-electron chi connectivity index (χ2n) is 16.7. The Bertz CT molecular complexity index is 2180. The molecule has 3 unspecified atom stereocenters. The summed E-state index contributed by atoms with van der Waals surface area (Å²) in [7, 11) is 0. The Labute approximate surface area is 323 Å². The van der Waals surface area contributed by atoms with Gasteiger partial charge in [0.15, 0.2) is 11.6 Å². The van der Waals surface area contributed by atoms with Crippen molar-refractivity contribution < 1.29 is 0 Å². The average Bonchev–Trinajstić information content (AvgIpc) is 3.69. The monoisotopic (exact) mass is 716 g/mol. The molecule has 0 bridgehead atoms. The SMILES string of the molecule is CCC1(C=Cc2ccccc2N2c3ccccc3N(C(C)C)C2C)c2ccccc2N2c3ncc(C(C)(C)C)nc3N(c3ccccc3)C2C1(CC)CC. The van der Waals surface area contributed by atoms with Crippen LogP contribution < -0.4 is 19.6 Å². The van der Waals surface area contributed by atoms with E-state index in [0.717, 1.165) is 42.3 Å². The third kappa shape index (κ3) is 5.12. The molecule has 278 valence electrons. The van der Waals surface area contributed by atoms with Crippen molar-refractivity contribution in [1.29, 1.82) is 0 Å². The Morgan fingerprint density at radius 2 is 1.30 bits per heavy atom. The van der Waals surface area contributed by atoms with E-state index in [-0.39, 0.29) is 28.6 Å². The van der Waals surface area contributed by atoms with Gasteiger partial charge in [0.1, 0.15) is 12.3 Å². The van der Waals surface area contributed by atoms with E-state index in [4.69, 9.17) is 9.97 Å². The number of hydrogen-bond donors (Lipinski definition) is 0. The highest BCUT2D eigenvalue weighted by Crippen LogP contribution is 2.66. The zero-order valence-corrected chi connectivity index (χ0v) is 33.6. The molecule has 6 heteroatoms. The van der Waals surface area contributed by atoms with Gasteiger partial charge in [0.2, 0.25) is 0 Å². The third-order valence-electron chi connectivity index (χ3n) is 12.8. The number of anilines is 7. The molecule has 0 spiro atoms. The molecule has 54 heavy (non-hydrogen) atoms. The molecule has 0 saturated heterocycles. The largest absolute Gasteiger partial charge is 0.347 e. The standard InChI is InChI=1S/C48H56N6/c1-10-47(11-2)45-53(36-23-14-13-15-24-36)44-43(49-32-42(50-44)46(7,8)9)54(45)39-27-19-17-25-37(39)48(47,12-3)31-30-35-22-16-18-26-38(35)52-34(6)51(33(4)5)40-28-20-21-29-41(40)52/h13-34,45H,10-12H2,1-9H3. The van der Waals surface area contributed by atoms with Crippen molar-refractivity contribution in [1.82, 2.24) is 9.97 Å². The Hall–Kier alpha value is -5.10. The van der Waals surface area contributed by atoms with Crippen LogP contribution in [0.4, 0.5) is 40.1 Å². The van der Waals surface area contributed by atoms with Crippen LogP contribution in [0.15, 0.2) is 115 Å². The van der Waals surface area contributed by atoms with Gasteiger partial charge < -0.3 is 19.6 Å². The fourth-order valence-corrected chi connectivity index (χ4v) is 10.3. The van der Waals surface area contributed by atoms with Crippen molar-refractivity contribution in [3.63, 3.8) is 0 Å². The van der Waals surface area contributed by atoms with Crippen LogP contribution in [-0.4, -0.2) is 28.3 Å². The molecule has 4 heterocycles. The highest BCUT2D eigenvalue weighted by atomic mass is 15.5. The van der Waals surface area contributed by atoms with E-state index in [1.165, 1.54) is 33.9 Å². The van der Waals surface area contributed by atoms with Gasteiger partial charge in [0, 0.05) is 33.7 Å². The van der Waals surface area contributed by atoms with E-state index in [9.17, 15) is 0 Å². The first-order chi connectivity index (χ1) is 26.0. The molecule has 0 N–H and O–H groups in total. The minimum absolute atomic E-state index is 0.0417. The maximum absolute atomic E-state index is 5.47. The molecule has 3 aliphatic heterocycles. The summed E-state index contributed by atoms with van der Waals surface area (Å²) in [6.45, 7) is 20.8. The fraction of sp³-hybridized carbons (Fsp3) is 0.375. The number of hydrogen-bond acceptors (Lipinski definition) is 6. The van der Waals surface area contributed by atoms with Crippen molar-refractivity contribution in [3.05, 3.63) is 132 Å². The summed E-state index contributed by atoms with van der Waals surface area (Å²) in [6.07, 6.45) is 10.1. The van der Waals surface area contributed by atoms with Gasteiger partial charge in [-0.05, 0) is 87.6 Å². The van der Waals surface area contributed by atoms with E-state index in [2.05, 4.69) is 197 Å². The molecule has 0 radical (unpaired) electrons. The smallest absolute Gasteiger partial charge is 0.178 e. The molecule has 5 aromatic rings. The van der Waals surface area contributed by atoms with Crippen LogP contribution in [0.1, 0.15) is 98.4 Å². The molecule has 0 saturated carbocycles. The summed E-state index contributed by atoms with van der Waals surface area (Å²) < 4.78 is 0. The molecule has 0 fully saturated rings. The number of rotatable bonds is 8. The Balaban J connectivity index is 1.35. The van der Waals surface area contributed by atoms with Crippen LogP contribution in [0.2, 0.25) is 0 Å². The third-order valence-corrected chi connectivity index (χ3v) is 12.8. The van der Waals surface area contributed by atoms with Crippen molar-refractivity contribution in [2.45, 2.75) is 111 Å². The Morgan fingerprint density at radius 3 is 1.94 bits per heavy atom.